The molecule has 2 aliphatic rings. The molecule has 0 aliphatic carbocycles. The van der Waals surface area contributed by atoms with E-state index in [9.17, 15) is 13.2 Å². The number of aliphatic carboxylic acids is 1. The first-order valence-electron chi connectivity index (χ1n) is 8.30. The van der Waals surface area contributed by atoms with Crippen molar-refractivity contribution in [2.75, 3.05) is 16.6 Å². The van der Waals surface area contributed by atoms with Crippen LogP contribution in [0.5, 0.6) is 0 Å². The molecule has 0 amide bonds. The number of para-hydroxylation sites is 1. The lowest BCUT2D eigenvalue weighted by atomic mass is 10.1. The predicted molar refractivity (Wildman–Crippen MR) is 109 cm³/mol. The van der Waals surface area contributed by atoms with E-state index < -0.39 is 16.0 Å². The van der Waals surface area contributed by atoms with Crippen LogP contribution in [0.1, 0.15) is 12.0 Å². The van der Waals surface area contributed by atoms with Crippen LogP contribution in [0.4, 0.5) is 11.4 Å². The SMILES string of the molecule is O=C(O)CC1CN=C(C2Cc3cccc(NS(=O)(=O)c4cccs4)c3N2)S1. The van der Waals surface area contributed by atoms with Gasteiger partial charge in [-0.3, -0.25) is 14.5 Å². The van der Waals surface area contributed by atoms with E-state index in [-0.39, 0.29) is 21.9 Å². The van der Waals surface area contributed by atoms with Gasteiger partial charge in [0.05, 0.1) is 35.4 Å². The van der Waals surface area contributed by atoms with Crippen LogP contribution < -0.4 is 10.0 Å². The first kappa shape index (κ1) is 18.3. The molecule has 3 heterocycles. The monoisotopic (exact) mass is 423 g/mol. The summed E-state index contributed by atoms with van der Waals surface area (Å²) in [7, 11) is -3.62. The van der Waals surface area contributed by atoms with Crippen molar-refractivity contribution in [3.8, 4) is 0 Å². The van der Waals surface area contributed by atoms with Crippen LogP contribution in [0, 0.1) is 0 Å². The fourth-order valence-corrected chi connectivity index (χ4v) is 6.40. The van der Waals surface area contributed by atoms with Crippen molar-refractivity contribution in [1.29, 1.82) is 0 Å². The molecule has 10 heteroatoms. The van der Waals surface area contributed by atoms with Crippen molar-refractivity contribution in [2.45, 2.75) is 28.3 Å². The van der Waals surface area contributed by atoms with Gasteiger partial charge in [0, 0.05) is 11.7 Å². The average molecular weight is 424 g/mol. The lowest BCUT2D eigenvalue weighted by Gasteiger charge is -2.14. The van der Waals surface area contributed by atoms with Gasteiger partial charge in [-0.1, -0.05) is 18.2 Å². The van der Waals surface area contributed by atoms with Gasteiger partial charge in [0.15, 0.2) is 0 Å². The maximum absolute atomic E-state index is 12.5. The van der Waals surface area contributed by atoms with Crippen LogP contribution in [0.3, 0.4) is 0 Å². The summed E-state index contributed by atoms with van der Waals surface area (Å²) in [5.74, 6) is -0.822. The van der Waals surface area contributed by atoms with E-state index >= 15 is 0 Å². The van der Waals surface area contributed by atoms with Crippen molar-refractivity contribution in [3.63, 3.8) is 0 Å². The highest BCUT2D eigenvalue weighted by atomic mass is 32.2. The molecule has 0 radical (unpaired) electrons. The van der Waals surface area contributed by atoms with E-state index in [4.69, 9.17) is 5.11 Å². The quantitative estimate of drug-likeness (QED) is 0.659. The molecular formula is C17H17N3O4S3. The molecule has 0 fully saturated rings. The first-order valence-corrected chi connectivity index (χ1v) is 11.5. The van der Waals surface area contributed by atoms with E-state index in [2.05, 4.69) is 15.0 Å². The summed E-state index contributed by atoms with van der Waals surface area (Å²) in [6.07, 6.45) is 0.777. The summed E-state index contributed by atoms with van der Waals surface area (Å²) in [6, 6.07) is 8.73. The molecule has 4 rings (SSSR count). The van der Waals surface area contributed by atoms with E-state index in [1.807, 2.05) is 12.1 Å². The molecule has 2 aliphatic heterocycles. The van der Waals surface area contributed by atoms with Crippen LogP contribution in [0.25, 0.3) is 0 Å². The third kappa shape index (κ3) is 3.83. The van der Waals surface area contributed by atoms with Crippen molar-refractivity contribution in [2.24, 2.45) is 4.99 Å². The van der Waals surface area contributed by atoms with Gasteiger partial charge in [-0.05, 0) is 23.1 Å². The van der Waals surface area contributed by atoms with E-state index in [1.54, 1.807) is 23.6 Å². The van der Waals surface area contributed by atoms with E-state index in [1.165, 1.54) is 23.1 Å². The minimum atomic E-state index is -3.62. The van der Waals surface area contributed by atoms with Gasteiger partial charge in [0.25, 0.3) is 10.0 Å². The van der Waals surface area contributed by atoms with E-state index in [0.29, 0.717) is 18.7 Å². The molecule has 27 heavy (non-hydrogen) atoms. The summed E-state index contributed by atoms with van der Waals surface area (Å²) < 4.78 is 28.0. The normalized spacial score (nSPS) is 21.4. The smallest absolute Gasteiger partial charge is 0.304 e. The number of anilines is 2. The molecule has 0 bridgehead atoms. The summed E-state index contributed by atoms with van der Waals surface area (Å²) in [5.41, 5.74) is 2.28. The molecule has 1 aromatic heterocycles. The maximum atomic E-state index is 12.5. The third-order valence-electron chi connectivity index (χ3n) is 4.34. The number of nitrogens with one attached hydrogen (secondary N) is 2. The number of benzene rings is 1. The molecule has 142 valence electrons. The van der Waals surface area contributed by atoms with Crippen molar-refractivity contribution >= 4 is 55.5 Å². The number of nitrogens with zero attached hydrogens (tertiary/aromatic N) is 1. The molecule has 2 atom stereocenters. The Morgan fingerprint density at radius 3 is 2.93 bits per heavy atom. The fourth-order valence-electron chi connectivity index (χ4n) is 3.16. The van der Waals surface area contributed by atoms with Gasteiger partial charge in [-0.2, -0.15) is 0 Å². The molecule has 2 unspecified atom stereocenters. The molecule has 2 aromatic rings. The summed E-state index contributed by atoms with van der Waals surface area (Å²) in [6.45, 7) is 0.499. The molecule has 0 spiro atoms. The van der Waals surface area contributed by atoms with Gasteiger partial charge >= 0.3 is 5.97 Å². The average Bonchev–Trinajstić information content (AvgIpc) is 3.34. The highest BCUT2D eigenvalue weighted by Crippen LogP contribution is 2.38. The third-order valence-corrected chi connectivity index (χ3v) is 8.40. The Hall–Kier alpha value is -2.04. The van der Waals surface area contributed by atoms with Crippen LogP contribution >= 0.6 is 23.1 Å². The van der Waals surface area contributed by atoms with Crippen molar-refractivity contribution in [1.82, 2.24) is 0 Å². The van der Waals surface area contributed by atoms with Gasteiger partial charge < -0.3 is 10.4 Å². The Morgan fingerprint density at radius 2 is 2.19 bits per heavy atom. The topological polar surface area (TPSA) is 108 Å². The fraction of sp³-hybridized carbons (Fsp3) is 0.294. The molecule has 0 saturated heterocycles. The second-order valence-corrected chi connectivity index (χ2v) is 10.5. The highest BCUT2D eigenvalue weighted by Gasteiger charge is 2.33. The number of carboxylic acid groups (broad SMARTS) is 1. The highest BCUT2D eigenvalue weighted by molar-refractivity contribution is 8.15. The van der Waals surface area contributed by atoms with Crippen LogP contribution in [0.15, 0.2) is 44.9 Å². The van der Waals surface area contributed by atoms with Crippen LogP contribution in [0.2, 0.25) is 0 Å². The Kier molecular flexibility index (Phi) is 4.87. The second-order valence-electron chi connectivity index (χ2n) is 6.29. The van der Waals surface area contributed by atoms with Crippen LogP contribution in [-0.2, 0) is 21.2 Å². The van der Waals surface area contributed by atoms with Gasteiger partial charge in [-0.25, -0.2) is 8.42 Å². The Bertz CT molecular complexity index is 1000. The minimum absolute atomic E-state index is 0.0418. The number of fused-ring (bicyclic) bond motifs is 1. The first-order chi connectivity index (χ1) is 12.9. The standard InChI is InChI=1S/C17H17N3O4S3/c21-14(22)8-11-9-18-17(26-11)13-7-10-3-1-4-12(16(10)19-13)20-27(23,24)15-5-2-6-25-15/h1-6,11,13,19-20H,7-9H2,(H,21,22). The number of thiophene rings is 1. The summed E-state index contributed by atoms with van der Waals surface area (Å²) in [5, 5.41) is 14.9. The lowest BCUT2D eigenvalue weighted by molar-refractivity contribution is -0.136. The zero-order chi connectivity index (χ0) is 19.0. The van der Waals surface area contributed by atoms with Crippen molar-refractivity contribution in [3.05, 3.63) is 41.3 Å². The summed E-state index contributed by atoms with van der Waals surface area (Å²) >= 11 is 2.66. The minimum Gasteiger partial charge on any atom is -0.481 e. The zero-order valence-electron chi connectivity index (χ0n) is 14.1. The number of carbonyl (C=O) groups is 1. The number of hydrogen-bond acceptors (Lipinski definition) is 7. The maximum Gasteiger partial charge on any atom is 0.304 e. The molecular weight excluding hydrogens is 406 g/mol. The second kappa shape index (κ2) is 7.17. The van der Waals surface area contributed by atoms with Gasteiger partial charge in [-0.15, -0.1) is 23.1 Å². The molecule has 1 aromatic carbocycles. The zero-order valence-corrected chi connectivity index (χ0v) is 16.5. The Morgan fingerprint density at radius 1 is 1.33 bits per heavy atom. The van der Waals surface area contributed by atoms with E-state index in [0.717, 1.165) is 16.3 Å². The Balaban J connectivity index is 1.51. The largest absolute Gasteiger partial charge is 0.481 e. The number of rotatable bonds is 6. The van der Waals surface area contributed by atoms with Gasteiger partial charge in [0.2, 0.25) is 0 Å². The van der Waals surface area contributed by atoms with Crippen molar-refractivity contribution < 1.29 is 18.3 Å². The van der Waals surface area contributed by atoms with Crippen LogP contribution in [-0.4, -0.2) is 42.4 Å². The number of carboxylic acids is 1. The molecule has 3 N–H and O–H groups in total. The predicted octanol–water partition coefficient (Wildman–Crippen LogP) is 2.87. The molecule has 7 nitrogen and oxygen atoms in total. The lowest BCUT2D eigenvalue weighted by Crippen LogP contribution is -2.24. The molecule has 0 saturated carbocycles. The summed E-state index contributed by atoms with van der Waals surface area (Å²) in [4.78, 5) is 15.4. The number of sulfonamides is 1. The number of thioether (sulfide) groups is 1. The Labute approximate surface area is 165 Å². The number of aliphatic imine (C=N–C) groups is 1. The van der Waals surface area contributed by atoms with Gasteiger partial charge in [0.1, 0.15) is 4.21 Å². The number of hydrogen-bond donors (Lipinski definition) is 3.